The third-order valence-corrected chi connectivity index (χ3v) is 9.22. The van der Waals surface area contributed by atoms with Crippen LogP contribution in [0.3, 0.4) is 0 Å². The molecular formula is C63H100N2O12S. The van der Waals surface area contributed by atoms with Crippen molar-refractivity contribution in [1.82, 2.24) is 9.80 Å². The molecule has 0 radical (unpaired) electrons. The molecule has 6 aromatic carbocycles. The van der Waals surface area contributed by atoms with Gasteiger partial charge in [-0.15, -0.1) is 0 Å². The van der Waals surface area contributed by atoms with Gasteiger partial charge in [-0.25, -0.2) is 8.42 Å². The molecule has 15 heteroatoms. The lowest BCUT2D eigenvalue weighted by molar-refractivity contribution is 0.121. The average molecular weight is 1110 g/mol. The lowest BCUT2D eigenvalue weighted by Crippen LogP contribution is -2.28. The van der Waals surface area contributed by atoms with E-state index in [-0.39, 0.29) is 5.41 Å². The molecule has 440 valence electrons. The van der Waals surface area contributed by atoms with Crippen LogP contribution in [0.4, 0.5) is 0 Å². The number of sulfone groups is 1. The molecule has 0 N–H and O–H groups in total. The zero-order chi connectivity index (χ0) is 60.2. The van der Waals surface area contributed by atoms with Crippen LogP contribution < -0.4 is 23.7 Å². The second-order valence-electron chi connectivity index (χ2n) is 17.2. The van der Waals surface area contributed by atoms with Crippen molar-refractivity contribution >= 4 is 9.84 Å². The fourth-order valence-electron chi connectivity index (χ4n) is 5.90. The molecule has 2 heterocycles. The van der Waals surface area contributed by atoms with Gasteiger partial charge < -0.3 is 47.4 Å². The molecule has 2 aliphatic heterocycles. The van der Waals surface area contributed by atoms with Crippen LogP contribution >= 0.6 is 0 Å². The normalized spacial score (nSPS) is 11.2. The number of para-hydroxylation sites is 2. The first-order valence-electron chi connectivity index (χ1n) is 25.0. The summed E-state index contributed by atoms with van der Waals surface area (Å²) in [6, 6.07) is 52.6. The van der Waals surface area contributed by atoms with Gasteiger partial charge in [0.1, 0.15) is 52.0 Å². The topological polar surface area (TPSA) is 133 Å². The van der Waals surface area contributed by atoms with E-state index in [9.17, 15) is 8.42 Å². The summed E-state index contributed by atoms with van der Waals surface area (Å²) in [5.41, 5.74) is 6.35. The summed E-state index contributed by atoms with van der Waals surface area (Å²) in [6.45, 7) is 13.9. The molecule has 0 saturated heterocycles. The van der Waals surface area contributed by atoms with E-state index >= 15 is 0 Å². The van der Waals surface area contributed by atoms with E-state index in [2.05, 4.69) is 117 Å². The Bertz CT molecular complexity index is 2230. The summed E-state index contributed by atoms with van der Waals surface area (Å²) >= 11 is 0. The van der Waals surface area contributed by atoms with Gasteiger partial charge in [-0.2, -0.15) is 0 Å². The molecule has 0 saturated carbocycles. The molecule has 2 aliphatic rings. The Hall–Kier alpha value is -6.01. The largest absolute Gasteiger partial charge is 0.497 e. The highest BCUT2D eigenvalue weighted by molar-refractivity contribution is 7.89. The van der Waals surface area contributed by atoms with Gasteiger partial charge in [-0.3, -0.25) is 9.80 Å². The van der Waals surface area contributed by atoms with Crippen LogP contribution in [-0.2, 0) is 52.0 Å². The molecular weight excluding hydrogens is 1010 g/mol. The van der Waals surface area contributed by atoms with Gasteiger partial charge in [0, 0.05) is 113 Å². The Balaban J connectivity index is -0.000000412. The van der Waals surface area contributed by atoms with Crippen molar-refractivity contribution in [1.29, 1.82) is 0 Å². The summed E-state index contributed by atoms with van der Waals surface area (Å²) < 4.78 is 66.8. The van der Waals surface area contributed by atoms with Gasteiger partial charge in [-0.1, -0.05) is 142 Å². The van der Waals surface area contributed by atoms with E-state index < -0.39 is 9.84 Å². The van der Waals surface area contributed by atoms with E-state index in [4.69, 9.17) is 23.7 Å². The van der Waals surface area contributed by atoms with Crippen molar-refractivity contribution in [2.24, 2.45) is 0 Å². The summed E-state index contributed by atoms with van der Waals surface area (Å²) in [5.74, 6) is 4.75. The van der Waals surface area contributed by atoms with E-state index in [1.165, 1.54) is 27.8 Å². The number of hydrogen-bond donors (Lipinski definition) is 0. The summed E-state index contributed by atoms with van der Waals surface area (Å²) in [6.07, 6.45) is 2.32. The van der Waals surface area contributed by atoms with Crippen LogP contribution in [0.5, 0.6) is 28.7 Å². The first-order valence-corrected chi connectivity index (χ1v) is 27.3. The quantitative estimate of drug-likeness (QED) is 0.162. The second-order valence-corrected chi connectivity index (χ2v) is 19.5. The van der Waals surface area contributed by atoms with Crippen molar-refractivity contribution in [3.63, 3.8) is 0 Å². The minimum Gasteiger partial charge on any atom is -0.497 e. The van der Waals surface area contributed by atoms with Crippen molar-refractivity contribution in [2.75, 3.05) is 132 Å². The maximum atomic E-state index is 9.63. The average Bonchev–Trinajstić information content (AvgIpc) is 3.43. The molecule has 0 aliphatic carbocycles. The van der Waals surface area contributed by atoms with Crippen molar-refractivity contribution < 1.29 is 55.8 Å². The van der Waals surface area contributed by atoms with Crippen LogP contribution in [0.25, 0.3) is 0 Å². The lowest BCUT2D eigenvalue weighted by Gasteiger charge is -2.26. The number of rotatable bonds is 5. The zero-order valence-electron chi connectivity index (χ0n) is 51.5. The van der Waals surface area contributed by atoms with Crippen molar-refractivity contribution in [3.05, 3.63) is 186 Å². The number of ether oxygens (including phenoxy) is 10. The Morgan fingerprint density at radius 3 is 1.04 bits per heavy atom. The zero-order valence-corrected chi connectivity index (χ0v) is 52.4. The smallest absolute Gasteiger partial charge is 0.144 e. The van der Waals surface area contributed by atoms with Gasteiger partial charge in [0.25, 0.3) is 0 Å². The molecule has 0 atom stereocenters. The fraction of sp³-hybridized carbons (Fsp3) is 0.429. The van der Waals surface area contributed by atoms with E-state index in [0.717, 1.165) is 54.3 Å². The van der Waals surface area contributed by atoms with Crippen molar-refractivity contribution in [2.45, 2.75) is 53.1 Å². The fourth-order valence-corrected chi connectivity index (χ4v) is 5.90. The van der Waals surface area contributed by atoms with Gasteiger partial charge in [0.15, 0.2) is 0 Å². The van der Waals surface area contributed by atoms with Crippen LogP contribution in [-0.4, -0.2) is 151 Å². The lowest BCUT2D eigenvalue weighted by atomic mass is 9.78. The Kier molecular flexibility index (Phi) is 52.1. The molecule has 8 rings (SSSR count). The highest BCUT2D eigenvalue weighted by Gasteiger charge is 2.23. The van der Waals surface area contributed by atoms with Crippen LogP contribution in [0, 0.1) is 6.92 Å². The van der Waals surface area contributed by atoms with E-state index in [0.29, 0.717) is 13.5 Å². The Morgan fingerprint density at radius 1 is 0.423 bits per heavy atom. The highest BCUT2D eigenvalue weighted by atomic mass is 32.2. The summed E-state index contributed by atoms with van der Waals surface area (Å²) in [4.78, 5) is 4.30. The maximum Gasteiger partial charge on any atom is 0.144 e. The molecule has 0 bridgehead atoms. The first-order chi connectivity index (χ1) is 37.2. The minimum absolute atomic E-state index is 0.0431. The number of nitrogens with zero attached hydrogens (tertiary/aromatic N) is 2. The van der Waals surface area contributed by atoms with Gasteiger partial charge in [-0.05, 0) is 80.7 Å². The number of aryl methyl sites for hydroxylation is 1. The van der Waals surface area contributed by atoms with Gasteiger partial charge in [0.05, 0.1) is 21.3 Å². The first kappa shape index (κ1) is 78.5. The maximum absolute atomic E-state index is 9.63. The van der Waals surface area contributed by atoms with Gasteiger partial charge in [0.2, 0.25) is 0 Å². The van der Waals surface area contributed by atoms with Crippen LogP contribution in [0.2, 0.25) is 0 Å². The molecule has 0 fully saturated rings. The molecule has 0 unspecified atom stereocenters. The van der Waals surface area contributed by atoms with Crippen LogP contribution in [0.1, 0.15) is 55.5 Å². The second kappa shape index (κ2) is 51.7. The SMILES string of the molecule is CC.CN1COc2ccccc2C1.COC.COC.COC.COC.COC.COc1ccc(C(C)(C)c2ccc(OC)cc2)cc1.COc1ccccc1.CS(C)(=O)=O.Cc1ccc2c(c1)CN(C)CO2.c1ccccc1. The molecule has 0 amide bonds. The number of fused-ring (bicyclic) bond motifs is 2. The molecule has 6 aromatic rings. The molecule has 14 nitrogen and oxygen atoms in total. The van der Waals surface area contributed by atoms with Crippen LogP contribution in [0.15, 0.2) is 158 Å². The number of methoxy groups -OCH3 is 8. The van der Waals surface area contributed by atoms with E-state index in [1.54, 1.807) is 92.4 Å². The van der Waals surface area contributed by atoms with E-state index in [1.807, 2.05) is 123 Å². The summed E-state index contributed by atoms with van der Waals surface area (Å²) in [7, 11) is 22.7. The van der Waals surface area contributed by atoms with Gasteiger partial charge >= 0.3 is 0 Å². The standard InChI is InChI=1S/C17H20O2.C10H13NO.C9H11NO.C7H8O.C6H6.C2H6O2S.5C2H6O.C2H6/c1-17(2,13-5-9-15(18-3)10-6-13)14-7-11-16(19-4)12-8-14;1-8-3-4-10-9(5-8)6-11(2)7-12-10;1-10-6-8-4-2-3-5-9(8)11-7-10;1-8-7-5-3-2-4-6-7;1-2-4-6-5-3-1;1-5(2,3)4;5*1-3-2;1-2/h5-12H,1-4H3;3-5H,6-7H2,1-2H3;2-5H,6-7H2,1H3;2-6H,1H3;1-6H;1-2H3;5*1-2H3;1-2H3. The van der Waals surface area contributed by atoms with Crippen molar-refractivity contribution in [3.8, 4) is 28.7 Å². The third kappa shape index (κ3) is 43.0. The number of benzene rings is 6. The third-order valence-electron chi connectivity index (χ3n) is 9.22. The predicted molar refractivity (Wildman–Crippen MR) is 326 cm³/mol. The highest BCUT2D eigenvalue weighted by Crippen LogP contribution is 2.33. The number of hydrogen-bond acceptors (Lipinski definition) is 14. The monoisotopic (exact) mass is 1110 g/mol. The Labute approximate surface area is 473 Å². The molecule has 78 heavy (non-hydrogen) atoms. The minimum atomic E-state index is -2.67. The molecule has 0 aromatic heterocycles. The Morgan fingerprint density at radius 2 is 0.705 bits per heavy atom. The summed E-state index contributed by atoms with van der Waals surface area (Å²) in [5, 5.41) is 0. The predicted octanol–water partition coefficient (Wildman–Crippen LogP) is 12.7. The molecule has 0 spiro atoms.